The highest BCUT2D eigenvalue weighted by Crippen LogP contribution is 2.10. The first kappa shape index (κ1) is 15.4. The number of ether oxygens (including phenoxy) is 1. The Balaban J connectivity index is 2.28. The highest BCUT2D eigenvalue weighted by molar-refractivity contribution is 5.73. The fourth-order valence-electron chi connectivity index (χ4n) is 1.68. The molecule has 1 unspecified atom stereocenters. The van der Waals surface area contributed by atoms with Gasteiger partial charge in [-0.05, 0) is 36.6 Å². The van der Waals surface area contributed by atoms with Crippen LogP contribution in [0.4, 0.5) is 4.39 Å². The predicted molar refractivity (Wildman–Crippen MR) is 70.8 cm³/mol. The van der Waals surface area contributed by atoms with Crippen molar-refractivity contribution in [1.82, 2.24) is 5.32 Å². The van der Waals surface area contributed by atoms with Gasteiger partial charge in [0.05, 0.1) is 0 Å². The number of nitrogens with one attached hydrogen (secondary N) is 1. The maximum atomic E-state index is 12.7. The Morgan fingerprint density at radius 1 is 1.37 bits per heavy atom. The molecule has 19 heavy (non-hydrogen) atoms. The maximum Gasteiger partial charge on any atom is 0.320 e. The van der Waals surface area contributed by atoms with Crippen LogP contribution in [0.5, 0.6) is 5.75 Å². The Kier molecular flexibility index (Phi) is 6.29. The number of benzene rings is 1. The first-order chi connectivity index (χ1) is 8.99. The van der Waals surface area contributed by atoms with Gasteiger partial charge in [-0.15, -0.1) is 0 Å². The van der Waals surface area contributed by atoms with Crippen molar-refractivity contribution in [3.05, 3.63) is 30.1 Å². The van der Waals surface area contributed by atoms with Crippen LogP contribution in [0.25, 0.3) is 0 Å². The molecule has 1 aromatic rings. The third-order valence-electron chi connectivity index (χ3n) is 2.58. The van der Waals surface area contributed by atoms with E-state index in [2.05, 4.69) is 5.32 Å². The average molecular weight is 269 g/mol. The van der Waals surface area contributed by atoms with Crippen molar-refractivity contribution in [2.24, 2.45) is 5.92 Å². The number of aliphatic carboxylic acids is 1. The summed E-state index contributed by atoms with van der Waals surface area (Å²) in [5.74, 6) is -0.283. The van der Waals surface area contributed by atoms with Crippen molar-refractivity contribution in [3.63, 3.8) is 0 Å². The first-order valence-corrected chi connectivity index (χ1v) is 6.33. The van der Waals surface area contributed by atoms with E-state index in [1.165, 1.54) is 24.3 Å². The van der Waals surface area contributed by atoms with Crippen molar-refractivity contribution in [3.8, 4) is 5.75 Å². The third kappa shape index (κ3) is 6.20. The molecule has 0 bridgehead atoms. The predicted octanol–water partition coefficient (Wildman–Crippen LogP) is 2.29. The Morgan fingerprint density at radius 3 is 2.53 bits per heavy atom. The van der Waals surface area contributed by atoms with E-state index in [1.807, 2.05) is 13.8 Å². The van der Waals surface area contributed by atoms with Gasteiger partial charge in [-0.3, -0.25) is 4.79 Å². The molecule has 0 radical (unpaired) electrons. The standard InChI is InChI=1S/C14H20FNO3/c1-10(2)9-13(14(17)18)16-7-8-19-12-5-3-11(15)4-6-12/h3-6,10,13,16H,7-9H2,1-2H3,(H,17,18). The number of carbonyl (C=O) groups is 1. The van der Waals surface area contributed by atoms with Gasteiger partial charge < -0.3 is 15.2 Å². The van der Waals surface area contributed by atoms with E-state index >= 15 is 0 Å². The summed E-state index contributed by atoms with van der Waals surface area (Å²) in [6.07, 6.45) is 0.575. The zero-order valence-electron chi connectivity index (χ0n) is 11.2. The van der Waals surface area contributed by atoms with E-state index in [9.17, 15) is 9.18 Å². The number of halogens is 1. The second-order valence-corrected chi connectivity index (χ2v) is 4.78. The van der Waals surface area contributed by atoms with Crippen molar-refractivity contribution in [2.45, 2.75) is 26.3 Å². The molecule has 0 saturated carbocycles. The van der Waals surface area contributed by atoms with Crippen LogP contribution in [-0.4, -0.2) is 30.3 Å². The summed E-state index contributed by atoms with van der Waals surface area (Å²) in [5.41, 5.74) is 0. The molecule has 0 aliphatic heterocycles. The van der Waals surface area contributed by atoms with Gasteiger partial charge in [0, 0.05) is 6.54 Å². The van der Waals surface area contributed by atoms with Crippen molar-refractivity contribution in [2.75, 3.05) is 13.2 Å². The molecule has 1 aromatic carbocycles. The van der Waals surface area contributed by atoms with E-state index in [-0.39, 0.29) is 5.82 Å². The van der Waals surface area contributed by atoms with Crippen molar-refractivity contribution >= 4 is 5.97 Å². The van der Waals surface area contributed by atoms with Crippen LogP contribution in [0.15, 0.2) is 24.3 Å². The Bertz CT molecular complexity index is 392. The highest BCUT2D eigenvalue weighted by Gasteiger charge is 2.17. The average Bonchev–Trinajstić information content (AvgIpc) is 2.34. The smallest absolute Gasteiger partial charge is 0.320 e. The fourth-order valence-corrected chi connectivity index (χ4v) is 1.68. The molecular weight excluding hydrogens is 249 g/mol. The van der Waals surface area contributed by atoms with Gasteiger partial charge in [-0.2, -0.15) is 0 Å². The minimum Gasteiger partial charge on any atom is -0.492 e. The molecule has 2 N–H and O–H groups in total. The molecule has 4 nitrogen and oxygen atoms in total. The summed E-state index contributed by atoms with van der Waals surface area (Å²) in [4.78, 5) is 11.0. The molecular formula is C14H20FNO3. The molecule has 0 amide bonds. The van der Waals surface area contributed by atoms with Crippen LogP contribution in [-0.2, 0) is 4.79 Å². The number of hydrogen-bond acceptors (Lipinski definition) is 3. The lowest BCUT2D eigenvalue weighted by molar-refractivity contribution is -0.139. The van der Waals surface area contributed by atoms with Gasteiger partial charge in [-0.1, -0.05) is 13.8 Å². The summed E-state index contributed by atoms with van der Waals surface area (Å²) in [5, 5.41) is 12.0. The second kappa shape index (κ2) is 7.74. The lowest BCUT2D eigenvalue weighted by atomic mass is 10.0. The zero-order chi connectivity index (χ0) is 14.3. The van der Waals surface area contributed by atoms with Crippen LogP contribution >= 0.6 is 0 Å². The van der Waals surface area contributed by atoms with Crippen LogP contribution in [0.3, 0.4) is 0 Å². The number of carboxylic acid groups (broad SMARTS) is 1. The first-order valence-electron chi connectivity index (χ1n) is 6.33. The van der Waals surface area contributed by atoms with E-state index in [0.717, 1.165) is 0 Å². The molecule has 0 aliphatic rings. The lowest BCUT2D eigenvalue weighted by Gasteiger charge is -2.16. The molecule has 0 aliphatic carbocycles. The summed E-state index contributed by atoms with van der Waals surface area (Å²) in [7, 11) is 0. The van der Waals surface area contributed by atoms with Gasteiger partial charge in [0.2, 0.25) is 0 Å². The van der Waals surface area contributed by atoms with Gasteiger partial charge in [0.15, 0.2) is 0 Å². The number of rotatable bonds is 8. The number of carboxylic acids is 1. The van der Waals surface area contributed by atoms with Crippen LogP contribution in [0.2, 0.25) is 0 Å². The minimum atomic E-state index is -0.851. The minimum absolute atomic E-state index is 0.312. The molecule has 106 valence electrons. The van der Waals surface area contributed by atoms with Gasteiger partial charge >= 0.3 is 5.97 Å². The summed E-state index contributed by atoms with van der Waals surface area (Å²) < 4.78 is 18.0. The van der Waals surface area contributed by atoms with Gasteiger partial charge in [0.25, 0.3) is 0 Å². The SMILES string of the molecule is CC(C)CC(NCCOc1ccc(F)cc1)C(=O)O. The fraction of sp³-hybridized carbons (Fsp3) is 0.500. The molecule has 0 spiro atoms. The monoisotopic (exact) mass is 269 g/mol. The molecule has 1 rings (SSSR count). The molecule has 0 fully saturated rings. The van der Waals surface area contributed by atoms with E-state index in [4.69, 9.17) is 9.84 Å². The second-order valence-electron chi connectivity index (χ2n) is 4.78. The van der Waals surface area contributed by atoms with Crippen molar-refractivity contribution < 1.29 is 19.0 Å². The largest absolute Gasteiger partial charge is 0.492 e. The van der Waals surface area contributed by atoms with Gasteiger partial charge in [0.1, 0.15) is 24.2 Å². The molecule has 0 heterocycles. The van der Waals surface area contributed by atoms with E-state index < -0.39 is 12.0 Å². The van der Waals surface area contributed by atoms with Crippen molar-refractivity contribution in [1.29, 1.82) is 0 Å². The Labute approximate surface area is 112 Å². The van der Waals surface area contributed by atoms with Crippen LogP contribution < -0.4 is 10.1 Å². The van der Waals surface area contributed by atoms with E-state index in [0.29, 0.717) is 31.2 Å². The molecule has 1 atom stereocenters. The van der Waals surface area contributed by atoms with Gasteiger partial charge in [-0.25, -0.2) is 4.39 Å². The summed E-state index contributed by atoms with van der Waals surface area (Å²) in [6, 6.07) is 5.16. The summed E-state index contributed by atoms with van der Waals surface area (Å²) >= 11 is 0. The summed E-state index contributed by atoms with van der Waals surface area (Å²) in [6.45, 7) is 4.73. The van der Waals surface area contributed by atoms with Crippen LogP contribution in [0.1, 0.15) is 20.3 Å². The molecule has 5 heteroatoms. The highest BCUT2D eigenvalue weighted by atomic mass is 19.1. The quantitative estimate of drug-likeness (QED) is 0.711. The Morgan fingerprint density at radius 2 is 2.00 bits per heavy atom. The van der Waals surface area contributed by atoms with E-state index in [1.54, 1.807) is 0 Å². The van der Waals surface area contributed by atoms with Crippen LogP contribution in [0, 0.1) is 11.7 Å². The zero-order valence-corrected chi connectivity index (χ0v) is 11.2. The Hall–Kier alpha value is -1.62. The lowest BCUT2D eigenvalue weighted by Crippen LogP contribution is -2.39. The normalized spacial score (nSPS) is 12.4. The third-order valence-corrected chi connectivity index (χ3v) is 2.58. The molecule has 0 aromatic heterocycles. The topological polar surface area (TPSA) is 58.6 Å². The maximum absolute atomic E-state index is 12.7. The molecule has 0 saturated heterocycles. The number of hydrogen-bond donors (Lipinski definition) is 2.